The lowest BCUT2D eigenvalue weighted by molar-refractivity contribution is 0.0925. The van der Waals surface area contributed by atoms with E-state index in [2.05, 4.69) is 15.2 Å². The summed E-state index contributed by atoms with van der Waals surface area (Å²) >= 11 is 6.04. The second-order valence-electron chi connectivity index (χ2n) is 6.65. The van der Waals surface area contributed by atoms with Crippen molar-refractivity contribution < 1.29 is 4.79 Å². The van der Waals surface area contributed by atoms with Crippen molar-refractivity contribution >= 4 is 34.2 Å². The summed E-state index contributed by atoms with van der Waals surface area (Å²) in [6, 6.07) is 9.86. The lowest BCUT2D eigenvalue weighted by Gasteiger charge is -2.34. The molecule has 1 aromatic carbocycles. The molecule has 1 atom stereocenters. The molecule has 1 N–H and O–H groups in total. The van der Waals surface area contributed by atoms with E-state index in [0.29, 0.717) is 10.7 Å². The summed E-state index contributed by atoms with van der Waals surface area (Å²) in [5, 5.41) is 4.86. The molecule has 4 rings (SSSR count). The van der Waals surface area contributed by atoms with Crippen LogP contribution in [0.25, 0.3) is 10.9 Å². The topological polar surface area (TPSA) is 63.1 Å². The number of benzene rings is 1. The number of amides is 1. The first-order chi connectivity index (χ1) is 12.6. The van der Waals surface area contributed by atoms with Crippen LogP contribution in [-0.4, -0.2) is 39.6 Å². The molecule has 26 heavy (non-hydrogen) atoms. The standard InChI is InChI=1S/C19H20ClN5O/c1-24-12-21-10-17(24)19(26)22-15-3-2-8-25(11-15)18-7-4-13-9-14(20)5-6-16(13)23-18/h4-7,9-10,12,15H,2-3,8,11H2,1H3,(H,22,26). The molecule has 3 heterocycles. The zero-order chi connectivity index (χ0) is 18.1. The second-order valence-corrected chi connectivity index (χ2v) is 7.09. The summed E-state index contributed by atoms with van der Waals surface area (Å²) in [7, 11) is 1.82. The quantitative estimate of drug-likeness (QED) is 0.770. The van der Waals surface area contributed by atoms with Crippen LogP contribution in [0.4, 0.5) is 5.82 Å². The van der Waals surface area contributed by atoms with Crippen LogP contribution in [0.15, 0.2) is 42.9 Å². The van der Waals surface area contributed by atoms with Crippen LogP contribution < -0.4 is 10.2 Å². The normalized spacial score (nSPS) is 17.5. The van der Waals surface area contributed by atoms with Crippen LogP contribution in [0.3, 0.4) is 0 Å². The molecule has 0 spiro atoms. The zero-order valence-corrected chi connectivity index (χ0v) is 15.3. The molecule has 7 heteroatoms. The highest BCUT2D eigenvalue weighted by molar-refractivity contribution is 6.31. The molecule has 1 fully saturated rings. The van der Waals surface area contributed by atoms with Crippen molar-refractivity contribution in [3.63, 3.8) is 0 Å². The fourth-order valence-corrected chi connectivity index (χ4v) is 3.58. The van der Waals surface area contributed by atoms with E-state index >= 15 is 0 Å². The molecule has 3 aromatic rings. The SMILES string of the molecule is Cn1cncc1C(=O)NC1CCCN(c2ccc3cc(Cl)ccc3n2)C1. The molecule has 0 radical (unpaired) electrons. The number of carbonyl (C=O) groups excluding carboxylic acids is 1. The fraction of sp³-hybridized carbons (Fsp3) is 0.316. The number of nitrogens with zero attached hydrogens (tertiary/aromatic N) is 4. The highest BCUT2D eigenvalue weighted by Crippen LogP contribution is 2.23. The van der Waals surface area contributed by atoms with Gasteiger partial charge in [0.1, 0.15) is 11.5 Å². The van der Waals surface area contributed by atoms with Gasteiger partial charge in [0.15, 0.2) is 0 Å². The van der Waals surface area contributed by atoms with Gasteiger partial charge in [0, 0.05) is 36.6 Å². The van der Waals surface area contributed by atoms with E-state index < -0.39 is 0 Å². The van der Waals surface area contributed by atoms with Crippen molar-refractivity contribution in [2.24, 2.45) is 7.05 Å². The highest BCUT2D eigenvalue weighted by Gasteiger charge is 2.23. The molecule has 1 amide bonds. The number of hydrogen-bond acceptors (Lipinski definition) is 4. The molecule has 134 valence electrons. The Bertz CT molecular complexity index is 954. The molecule has 2 aromatic heterocycles. The van der Waals surface area contributed by atoms with Gasteiger partial charge in [-0.05, 0) is 43.2 Å². The number of hydrogen-bond donors (Lipinski definition) is 1. The largest absolute Gasteiger partial charge is 0.355 e. The van der Waals surface area contributed by atoms with Crippen molar-refractivity contribution in [2.75, 3.05) is 18.0 Å². The van der Waals surface area contributed by atoms with Gasteiger partial charge in [-0.3, -0.25) is 4.79 Å². The Kier molecular flexibility index (Phi) is 4.51. The average Bonchev–Trinajstić information content (AvgIpc) is 3.07. The molecule has 1 aliphatic heterocycles. The van der Waals surface area contributed by atoms with Gasteiger partial charge in [0.25, 0.3) is 5.91 Å². The molecule has 0 bridgehead atoms. The number of piperidine rings is 1. The molecule has 0 aliphatic carbocycles. The van der Waals surface area contributed by atoms with Gasteiger partial charge in [-0.1, -0.05) is 11.6 Å². The third kappa shape index (κ3) is 3.37. The number of anilines is 1. The average molecular weight is 370 g/mol. The molecule has 6 nitrogen and oxygen atoms in total. The Morgan fingerprint density at radius 1 is 1.31 bits per heavy atom. The van der Waals surface area contributed by atoms with Gasteiger partial charge in [-0.15, -0.1) is 0 Å². The van der Waals surface area contributed by atoms with Gasteiger partial charge in [-0.2, -0.15) is 0 Å². The highest BCUT2D eigenvalue weighted by atomic mass is 35.5. The molecule has 1 aliphatic rings. The van der Waals surface area contributed by atoms with E-state index in [1.54, 1.807) is 17.1 Å². The lowest BCUT2D eigenvalue weighted by atomic mass is 10.1. The number of imidazole rings is 1. The summed E-state index contributed by atoms with van der Waals surface area (Å²) in [4.78, 5) is 23.4. The molecular formula is C19H20ClN5O. The minimum atomic E-state index is -0.0852. The molecular weight excluding hydrogens is 350 g/mol. The van der Waals surface area contributed by atoms with E-state index in [4.69, 9.17) is 16.6 Å². The smallest absolute Gasteiger partial charge is 0.269 e. The van der Waals surface area contributed by atoms with E-state index in [1.807, 2.05) is 37.4 Å². The summed E-state index contributed by atoms with van der Waals surface area (Å²) in [6.07, 6.45) is 5.19. The maximum absolute atomic E-state index is 12.4. The number of carbonyl (C=O) groups is 1. The van der Waals surface area contributed by atoms with Gasteiger partial charge < -0.3 is 14.8 Å². The van der Waals surface area contributed by atoms with E-state index in [0.717, 1.165) is 42.7 Å². The summed E-state index contributed by atoms with van der Waals surface area (Å²) in [5.74, 6) is 0.845. The number of pyridine rings is 1. The number of nitrogens with one attached hydrogen (secondary N) is 1. The Hall–Kier alpha value is -2.60. The summed E-state index contributed by atoms with van der Waals surface area (Å²) in [6.45, 7) is 1.68. The number of fused-ring (bicyclic) bond motifs is 1. The lowest BCUT2D eigenvalue weighted by Crippen LogP contribution is -2.48. The maximum atomic E-state index is 12.4. The van der Waals surface area contributed by atoms with Gasteiger partial charge >= 0.3 is 0 Å². The second kappa shape index (κ2) is 6.96. The predicted octanol–water partition coefficient (Wildman–Crippen LogP) is 3.02. The van der Waals surface area contributed by atoms with Crippen molar-refractivity contribution in [1.82, 2.24) is 19.9 Å². The van der Waals surface area contributed by atoms with E-state index in [9.17, 15) is 4.79 Å². The van der Waals surface area contributed by atoms with Crippen molar-refractivity contribution in [2.45, 2.75) is 18.9 Å². The fourth-order valence-electron chi connectivity index (χ4n) is 3.40. The Balaban J connectivity index is 1.49. The minimum absolute atomic E-state index is 0.0852. The van der Waals surface area contributed by atoms with Crippen molar-refractivity contribution in [3.8, 4) is 0 Å². The molecule has 0 saturated carbocycles. The van der Waals surface area contributed by atoms with Crippen molar-refractivity contribution in [1.29, 1.82) is 0 Å². The van der Waals surface area contributed by atoms with Gasteiger partial charge in [-0.25, -0.2) is 9.97 Å². The number of rotatable bonds is 3. The summed E-state index contributed by atoms with van der Waals surface area (Å²) < 4.78 is 1.73. The maximum Gasteiger partial charge on any atom is 0.269 e. The van der Waals surface area contributed by atoms with Gasteiger partial charge in [0.05, 0.1) is 18.0 Å². The van der Waals surface area contributed by atoms with Crippen LogP contribution in [-0.2, 0) is 7.05 Å². The first kappa shape index (κ1) is 16.8. The zero-order valence-electron chi connectivity index (χ0n) is 14.5. The molecule has 1 saturated heterocycles. The Labute approximate surface area is 156 Å². The first-order valence-corrected chi connectivity index (χ1v) is 9.06. The van der Waals surface area contributed by atoms with E-state index in [1.165, 1.54) is 0 Å². The monoisotopic (exact) mass is 369 g/mol. The summed E-state index contributed by atoms with van der Waals surface area (Å²) in [5.41, 5.74) is 1.50. The first-order valence-electron chi connectivity index (χ1n) is 8.68. The minimum Gasteiger partial charge on any atom is -0.355 e. The van der Waals surface area contributed by atoms with Crippen LogP contribution in [0, 0.1) is 0 Å². The van der Waals surface area contributed by atoms with Crippen LogP contribution >= 0.6 is 11.6 Å². The van der Waals surface area contributed by atoms with E-state index in [-0.39, 0.29) is 11.9 Å². The third-order valence-corrected chi connectivity index (χ3v) is 5.00. The number of aromatic nitrogens is 3. The van der Waals surface area contributed by atoms with Crippen LogP contribution in [0.5, 0.6) is 0 Å². The van der Waals surface area contributed by atoms with Gasteiger partial charge in [0.2, 0.25) is 0 Å². The van der Waals surface area contributed by atoms with Crippen molar-refractivity contribution in [3.05, 3.63) is 53.6 Å². The van der Waals surface area contributed by atoms with Crippen LogP contribution in [0.1, 0.15) is 23.3 Å². The number of halogens is 1. The Morgan fingerprint density at radius 2 is 2.19 bits per heavy atom. The van der Waals surface area contributed by atoms with Crippen LogP contribution in [0.2, 0.25) is 5.02 Å². The molecule has 1 unspecified atom stereocenters. The number of aryl methyl sites for hydroxylation is 1. The predicted molar refractivity (Wildman–Crippen MR) is 103 cm³/mol. The Morgan fingerprint density at radius 3 is 3.00 bits per heavy atom. The third-order valence-electron chi connectivity index (χ3n) is 4.77.